The van der Waals surface area contributed by atoms with Crippen LogP contribution < -0.4 is 11.1 Å². The van der Waals surface area contributed by atoms with Crippen molar-refractivity contribution in [1.82, 2.24) is 10.2 Å². The fourth-order valence-electron chi connectivity index (χ4n) is 3.10. The number of hydrogen-bond acceptors (Lipinski definition) is 3. The smallest absolute Gasteiger partial charge is 0.224 e. The minimum Gasteiger partial charge on any atom is -0.352 e. The molecule has 3 N–H and O–H groups in total. The Kier molecular flexibility index (Phi) is 6.40. The van der Waals surface area contributed by atoms with Gasteiger partial charge in [0.15, 0.2) is 0 Å². The Morgan fingerprint density at radius 2 is 1.82 bits per heavy atom. The highest BCUT2D eigenvalue weighted by Crippen LogP contribution is 2.24. The van der Waals surface area contributed by atoms with E-state index in [2.05, 4.69) is 48.3 Å². The Morgan fingerprint density at radius 1 is 1.18 bits per heavy atom. The van der Waals surface area contributed by atoms with Crippen LogP contribution in [0.3, 0.4) is 0 Å². The van der Waals surface area contributed by atoms with Crippen LogP contribution in [0.4, 0.5) is 0 Å². The molecule has 1 saturated carbocycles. The zero-order chi connectivity index (χ0) is 15.9. The second-order valence-electron chi connectivity index (χ2n) is 6.20. The zero-order valence-corrected chi connectivity index (χ0v) is 13.8. The van der Waals surface area contributed by atoms with Crippen LogP contribution in [0.2, 0.25) is 0 Å². The molecular weight excluding hydrogens is 274 g/mol. The molecule has 0 aliphatic heterocycles. The molecule has 122 valence electrons. The van der Waals surface area contributed by atoms with Crippen LogP contribution >= 0.6 is 0 Å². The molecule has 0 bridgehead atoms. The molecule has 0 radical (unpaired) electrons. The van der Waals surface area contributed by atoms with Gasteiger partial charge >= 0.3 is 0 Å². The maximum atomic E-state index is 12.1. The summed E-state index contributed by atoms with van der Waals surface area (Å²) in [6.45, 7) is 8.07. The van der Waals surface area contributed by atoms with Crippen LogP contribution in [0, 0.1) is 5.92 Å². The van der Waals surface area contributed by atoms with Crippen molar-refractivity contribution in [2.24, 2.45) is 11.7 Å². The number of rotatable bonds is 7. The number of benzene rings is 1. The Bertz CT molecular complexity index is 468. The van der Waals surface area contributed by atoms with E-state index >= 15 is 0 Å². The van der Waals surface area contributed by atoms with Crippen LogP contribution in [0.5, 0.6) is 0 Å². The third-order valence-corrected chi connectivity index (χ3v) is 4.70. The Morgan fingerprint density at radius 3 is 2.36 bits per heavy atom. The lowest BCUT2D eigenvalue weighted by Crippen LogP contribution is -2.38. The predicted molar refractivity (Wildman–Crippen MR) is 90.2 cm³/mol. The van der Waals surface area contributed by atoms with Gasteiger partial charge in [0.25, 0.3) is 0 Å². The molecule has 0 saturated heterocycles. The Labute approximate surface area is 134 Å². The summed E-state index contributed by atoms with van der Waals surface area (Å²) in [5, 5.41) is 3.02. The van der Waals surface area contributed by atoms with E-state index in [-0.39, 0.29) is 17.9 Å². The van der Waals surface area contributed by atoms with E-state index < -0.39 is 0 Å². The van der Waals surface area contributed by atoms with Crippen LogP contribution in [-0.4, -0.2) is 29.9 Å². The lowest BCUT2D eigenvalue weighted by molar-refractivity contribution is -0.125. The van der Waals surface area contributed by atoms with Gasteiger partial charge < -0.3 is 11.1 Å². The first kappa shape index (κ1) is 17.0. The lowest BCUT2D eigenvalue weighted by atomic mass is 10.0. The molecule has 2 atom stereocenters. The average Bonchev–Trinajstić information content (AvgIpc) is 2.97. The first-order valence-electron chi connectivity index (χ1n) is 8.47. The molecule has 1 aliphatic carbocycles. The molecule has 1 aromatic carbocycles. The summed E-state index contributed by atoms with van der Waals surface area (Å²) in [5.41, 5.74) is 8.43. The number of nitrogens with two attached hydrogens (primary N) is 1. The van der Waals surface area contributed by atoms with Crippen LogP contribution in [0.1, 0.15) is 44.2 Å². The van der Waals surface area contributed by atoms with Gasteiger partial charge in [0.2, 0.25) is 5.91 Å². The van der Waals surface area contributed by atoms with Crippen LogP contribution in [0.15, 0.2) is 24.3 Å². The van der Waals surface area contributed by atoms with Gasteiger partial charge in [0.1, 0.15) is 0 Å². The van der Waals surface area contributed by atoms with E-state index in [0.717, 1.165) is 44.5 Å². The quantitative estimate of drug-likeness (QED) is 0.812. The summed E-state index contributed by atoms with van der Waals surface area (Å²) < 4.78 is 0. The molecule has 4 heteroatoms. The van der Waals surface area contributed by atoms with Crippen LogP contribution in [-0.2, 0) is 17.9 Å². The monoisotopic (exact) mass is 303 g/mol. The predicted octanol–water partition coefficient (Wildman–Crippen LogP) is 2.27. The van der Waals surface area contributed by atoms with Crippen molar-refractivity contribution >= 4 is 5.91 Å². The van der Waals surface area contributed by atoms with Gasteiger partial charge in [0, 0.05) is 19.1 Å². The van der Waals surface area contributed by atoms with Crippen molar-refractivity contribution in [1.29, 1.82) is 0 Å². The molecule has 2 rings (SSSR count). The van der Waals surface area contributed by atoms with Gasteiger partial charge in [-0.2, -0.15) is 0 Å². The highest BCUT2D eigenvalue weighted by atomic mass is 16.1. The van der Waals surface area contributed by atoms with E-state index in [0.29, 0.717) is 6.54 Å². The normalized spacial score (nSPS) is 21.3. The first-order chi connectivity index (χ1) is 10.6. The van der Waals surface area contributed by atoms with Crippen molar-refractivity contribution in [3.8, 4) is 0 Å². The summed E-state index contributed by atoms with van der Waals surface area (Å²) in [4.78, 5) is 14.5. The van der Waals surface area contributed by atoms with Crippen LogP contribution in [0.25, 0.3) is 0 Å². The molecule has 4 nitrogen and oxygen atoms in total. The average molecular weight is 303 g/mol. The lowest BCUT2D eigenvalue weighted by Gasteiger charge is -2.18. The summed E-state index contributed by atoms with van der Waals surface area (Å²) in [6.07, 6.45) is 2.97. The van der Waals surface area contributed by atoms with E-state index in [1.165, 1.54) is 5.56 Å². The van der Waals surface area contributed by atoms with E-state index in [4.69, 9.17) is 5.73 Å². The third-order valence-electron chi connectivity index (χ3n) is 4.70. The van der Waals surface area contributed by atoms with Crippen molar-refractivity contribution < 1.29 is 4.79 Å². The highest BCUT2D eigenvalue weighted by molar-refractivity contribution is 5.79. The first-order valence-corrected chi connectivity index (χ1v) is 8.47. The molecule has 1 amide bonds. The van der Waals surface area contributed by atoms with Gasteiger partial charge in [-0.05, 0) is 37.1 Å². The fraction of sp³-hybridized carbons (Fsp3) is 0.611. The minimum atomic E-state index is 0.00180. The minimum absolute atomic E-state index is 0.00180. The largest absolute Gasteiger partial charge is 0.352 e. The van der Waals surface area contributed by atoms with E-state index in [1.54, 1.807) is 0 Å². The Balaban J connectivity index is 1.82. The molecule has 0 aromatic heterocycles. The van der Waals surface area contributed by atoms with E-state index in [1.807, 2.05) is 0 Å². The van der Waals surface area contributed by atoms with Gasteiger partial charge in [-0.3, -0.25) is 9.69 Å². The molecule has 1 aliphatic rings. The molecular formula is C18H29N3O. The summed E-state index contributed by atoms with van der Waals surface area (Å²) in [5.74, 6) is 0.110. The summed E-state index contributed by atoms with van der Waals surface area (Å²) in [6, 6.07) is 8.56. The Hall–Kier alpha value is -1.39. The van der Waals surface area contributed by atoms with E-state index in [9.17, 15) is 4.79 Å². The number of nitrogens with one attached hydrogen (secondary N) is 1. The number of carbonyl (C=O) groups excluding carboxylic acids is 1. The number of hydrogen-bond donors (Lipinski definition) is 2. The van der Waals surface area contributed by atoms with Crippen molar-refractivity contribution in [2.45, 2.75) is 52.2 Å². The molecule has 1 aromatic rings. The maximum Gasteiger partial charge on any atom is 0.224 e. The highest BCUT2D eigenvalue weighted by Gasteiger charge is 2.29. The van der Waals surface area contributed by atoms with Crippen molar-refractivity contribution in [3.05, 3.63) is 35.4 Å². The molecule has 0 spiro atoms. The van der Waals surface area contributed by atoms with Gasteiger partial charge in [0.05, 0.1) is 5.92 Å². The molecule has 22 heavy (non-hydrogen) atoms. The SMILES string of the molecule is CCN(CC)Cc1ccc(CNC(=O)C2CCCC2N)cc1. The van der Waals surface area contributed by atoms with Gasteiger partial charge in [-0.15, -0.1) is 0 Å². The zero-order valence-electron chi connectivity index (χ0n) is 13.8. The standard InChI is InChI=1S/C18H29N3O/c1-3-21(4-2)13-15-10-8-14(9-11-15)12-20-18(22)16-6-5-7-17(16)19/h8-11,16-17H,3-7,12-13,19H2,1-2H3,(H,20,22). The van der Waals surface area contributed by atoms with Crippen molar-refractivity contribution in [3.63, 3.8) is 0 Å². The maximum absolute atomic E-state index is 12.1. The number of amides is 1. The second-order valence-corrected chi connectivity index (χ2v) is 6.20. The molecule has 2 unspecified atom stereocenters. The molecule has 1 fully saturated rings. The van der Waals surface area contributed by atoms with Gasteiger partial charge in [-0.1, -0.05) is 44.5 Å². The fourth-order valence-corrected chi connectivity index (χ4v) is 3.10. The van der Waals surface area contributed by atoms with Crippen molar-refractivity contribution in [2.75, 3.05) is 13.1 Å². The summed E-state index contributed by atoms with van der Waals surface area (Å²) in [7, 11) is 0. The summed E-state index contributed by atoms with van der Waals surface area (Å²) >= 11 is 0. The number of carbonyl (C=O) groups is 1. The second kappa shape index (κ2) is 8.30. The number of nitrogens with zero attached hydrogens (tertiary/aromatic N) is 1. The van der Waals surface area contributed by atoms with Gasteiger partial charge in [-0.25, -0.2) is 0 Å². The molecule has 0 heterocycles. The topological polar surface area (TPSA) is 58.4 Å². The third kappa shape index (κ3) is 4.55.